The second-order valence-corrected chi connectivity index (χ2v) is 3.52. The van der Waals surface area contributed by atoms with Crippen LogP contribution >= 0.6 is 11.6 Å². The molecule has 1 aromatic rings. The van der Waals surface area contributed by atoms with Crippen molar-refractivity contribution in [1.29, 1.82) is 0 Å². The van der Waals surface area contributed by atoms with Crippen LogP contribution in [0, 0.1) is 0 Å². The quantitative estimate of drug-likeness (QED) is 0.763. The number of hydrogen-bond donors (Lipinski definition) is 0. The van der Waals surface area contributed by atoms with Gasteiger partial charge >= 0.3 is 0 Å². The molecule has 0 saturated carbocycles. The van der Waals surface area contributed by atoms with Crippen molar-refractivity contribution in [2.75, 3.05) is 19.8 Å². The van der Waals surface area contributed by atoms with Crippen molar-refractivity contribution in [1.82, 2.24) is 0 Å². The van der Waals surface area contributed by atoms with E-state index in [1.54, 1.807) is 12.1 Å². The molecule has 0 aromatic heterocycles. The molecule has 0 unspecified atom stereocenters. The third kappa shape index (κ3) is 1.93. The molecule has 0 bridgehead atoms. The van der Waals surface area contributed by atoms with E-state index < -0.39 is 5.24 Å². The van der Waals surface area contributed by atoms with Crippen molar-refractivity contribution in [3.8, 4) is 17.2 Å². The molecule has 1 aliphatic heterocycles. The Balaban J connectivity index is 2.50. The summed E-state index contributed by atoms with van der Waals surface area (Å²) in [6, 6.07) is 3.24. The Morgan fingerprint density at radius 1 is 1.38 bits per heavy atom. The van der Waals surface area contributed by atoms with Crippen LogP contribution in [0.1, 0.15) is 17.3 Å². The van der Waals surface area contributed by atoms with E-state index in [1.807, 2.05) is 6.92 Å². The van der Waals surface area contributed by atoms with Gasteiger partial charge in [0.15, 0.2) is 11.5 Å². The Labute approximate surface area is 98.1 Å². The topological polar surface area (TPSA) is 44.8 Å². The SMILES string of the molecule is CCOc1ccc(C(=O)Cl)c2c1OCCO2. The maximum atomic E-state index is 11.2. The van der Waals surface area contributed by atoms with E-state index in [9.17, 15) is 4.79 Å². The molecule has 0 N–H and O–H groups in total. The summed E-state index contributed by atoms with van der Waals surface area (Å²) in [4.78, 5) is 11.2. The minimum Gasteiger partial charge on any atom is -0.490 e. The van der Waals surface area contributed by atoms with Gasteiger partial charge in [0.2, 0.25) is 5.75 Å². The van der Waals surface area contributed by atoms with Crippen molar-refractivity contribution in [3.63, 3.8) is 0 Å². The molecule has 0 amide bonds. The first-order chi connectivity index (χ1) is 7.74. The normalized spacial score (nSPS) is 13.4. The number of halogens is 1. The van der Waals surface area contributed by atoms with Gasteiger partial charge in [0.25, 0.3) is 5.24 Å². The number of fused-ring (bicyclic) bond motifs is 1. The first-order valence-corrected chi connectivity index (χ1v) is 5.37. The zero-order valence-electron chi connectivity index (χ0n) is 8.79. The average Bonchev–Trinajstić information content (AvgIpc) is 2.29. The average molecular weight is 243 g/mol. The third-order valence-electron chi connectivity index (χ3n) is 2.16. The minimum atomic E-state index is -0.565. The van der Waals surface area contributed by atoms with Crippen molar-refractivity contribution < 1.29 is 19.0 Å². The Morgan fingerprint density at radius 2 is 2.06 bits per heavy atom. The number of ether oxygens (including phenoxy) is 3. The Morgan fingerprint density at radius 3 is 2.69 bits per heavy atom. The van der Waals surface area contributed by atoms with Crippen molar-refractivity contribution in [3.05, 3.63) is 17.7 Å². The number of hydrogen-bond acceptors (Lipinski definition) is 4. The smallest absolute Gasteiger partial charge is 0.256 e. The first kappa shape index (κ1) is 11.1. The van der Waals surface area contributed by atoms with Crippen LogP contribution in [0.5, 0.6) is 17.2 Å². The molecule has 0 atom stereocenters. The van der Waals surface area contributed by atoms with E-state index in [1.165, 1.54) is 0 Å². The lowest BCUT2D eigenvalue weighted by Gasteiger charge is -2.22. The monoisotopic (exact) mass is 242 g/mol. The molecule has 86 valence electrons. The molecule has 1 aromatic carbocycles. The van der Waals surface area contributed by atoms with Gasteiger partial charge in [-0.05, 0) is 30.7 Å². The molecule has 4 nitrogen and oxygen atoms in total. The van der Waals surface area contributed by atoms with Crippen molar-refractivity contribution in [2.45, 2.75) is 6.92 Å². The summed E-state index contributed by atoms with van der Waals surface area (Å²) in [5.41, 5.74) is 0.305. The molecule has 5 heteroatoms. The molecule has 1 aliphatic rings. The molecule has 1 heterocycles. The Bertz CT molecular complexity index is 417. The van der Waals surface area contributed by atoms with E-state index in [0.29, 0.717) is 42.6 Å². The lowest BCUT2D eigenvalue weighted by Crippen LogP contribution is -2.18. The van der Waals surface area contributed by atoms with E-state index in [4.69, 9.17) is 25.8 Å². The number of carbonyl (C=O) groups is 1. The second-order valence-electron chi connectivity index (χ2n) is 3.17. The van der Waals surface area contributed by atoms with Gasteiger partial charge in [-0.1, -0.05) is 0 Å². The van der Waals surface area contributed by atoms with Crippen LogP contribution in [-0.4, -0.2) is 25.1 Å². The van der Waals surface area contributed by atoms with Crippen LogP contribution in [0.3, 0.4) is 0 Å². The highest BCUT2D eigenvalue weighted by Crippen LogP contribution is 2.42. The Hall–Kier alpha value is -1.42. The van der Waals surface area contributed by atoms with Gasteiger partial charge in [-0.25, -0.2) is 0 Å². The summed E-state index contributed by atoms with van der Waals surface area (Å²) in [7, 11) is 0. The number of benzene rings is 1. The van der Waals surface area contributed by atoms with Gasteiger partial charge in [0.1, 0.15) is 13.2 Å². The van der Waals surface area contributed by atoms with Crippen LogP contribution in [0.15, 0.2) is 12.1 Å². The number of rotatable bonds is 3. The van der Waals surface area contributed by atoms with E-state index in [2.05, 4.69) is 0 Å². The summed E-state index contributed by atoms with van der Waals surface area (Å²) in [6.45, 7) is 3.23. The van der Waals surface area contributed by atoms with Crippen LogP contribution in [-0.2, 0) is 0 Å². The fourth-order valence-corrected chi connectivity index (χ4v) is 1.68. The highest BCUT2D eigenvalue weighted by Gasteiger charge is 2.23. The zero-order chi connectivity index (χ0) is 11.5. The second kappa shape index (κ2) is 4.61. The standard InChI is InChI=1S/C11H11ClO4/c1-2-14-8-4-3-7(11(12)13)9-10(8)16-6-5-15-9/h3-4H,2,5-6H2,1H3. The van der Waals surface area contributed by atoms with Crippen molar-refractivity contribution in [2.24, 2.45) is 0 Å². The van der Waals surface area contributed by atoms with E-state index in [0.717, 1.165) is 0 Å². The fraction of sp³-hybridized carbons (Fsp3) is 0.364. The minimum absolute atomic E-state index is 0.305. The summed E-state index contributed by atoms with van der Waals surface area (Å²) in [5, 5.41) is -0.565. The zero-order valence-corrected chi connectivity index (χ0v) is 9.54. The largest absolute Gasteiger partial charge is 0.490 e. The molecule has 16 heavy (non-hydrogen) atoms. The van der Waals surface area contributed by atoms with Gasteiger partial charge in [0, 0.05) is 0 Å². The predicted octanol–water partition coefficient (Wildman–Crippen LogP) is 2.24. The van der Waals surface area contributed by atoms with Crippen LogP contribution < -0.4 is 14.2 Å². The van der Waals surface area contributed by atoms with Crippen LogP contribution in [0.25, 0.3) is 0 Å². The fourth-order valence-electron chi connectivity index (χ4n) is 1.54. The summed E-state index contributed by atoms with van der Waals surface area (Å²) in [5.74, 6) is 1.40. The molecule has 0 spiro atoms. The molecule has 0 aliphatic carbocycles. The molecule has 0 saturated heterocycles. The Kier molecular flexibility index (Phi) is 3.19. The lowest BCUT2D eigenvalue weighted by atomic mass is 10.2. The van der Waals surface area contributed by atoms with Gasteiger partial charge in [-0.15, -0.1) is 0 Å². The van der Waals surface area contributed by atoms with E-state index >= 15 is 0 Å². The predicted molar refractivity (Wildman–Crippen MR) is 58.8 cm³/mol. The van der Waals surface area contributed by atoms with Gasteiger partial charge in [-0.3, -0.25) is 4.79 Å². The highest BCUT2D eigenvalue weighted by atomic mass is 35.5. The summed E-state index contributed by atoms with van der Waals surface area (Å²) < 4.78 is 16.2. The van der Waals surface area contributed by atoms with E-state index in [-0.39, 0.29) is 0 Å². The maximum Gasteiger partial charge on any atom is 0.256 e. The van der Waals surface area contributed by atoms with Gasteiger partial charge in [0.05, 0.1) is 12.2 Å². The highest BCUT2D eigenvalue weighted by molar-refractivity contribution is 6.68. The van der Waals surface area contributed by atoms with Gasteiger partial charge in [-0.2, -0.15) is 0 Å². The summed E-state index contributed by atoms with van der Waals surface area (Å²) >= 11 is 5.45. The molecule has 2 rings (SSSR count). The molecule has 0 radical (unpaired) electrons. The molecular weight excluding hydrogens is 232 g/mol. The van der Waals surface area contributed by atoms with Crippen LogP contribution in [0.2, 0.25) is 0 Å². The van der Waals surface area contributed by atoms with Crippen LogP contribution in [0.4, 0.5) is 0 Å². The molecule has 0 fully saturated rings. The first-order valence-electron chi connectivity index (χ1n) is 4.99. The third-order valence-corrected chi connectivity index (χ3v) is 2.37. The van der Waals surface area contributed by atoms with Crippen molar-refractivity contribution >= 4 is 16.8 Å². The lowest BCUT2D eigenvalue weighted by molar-refractivity contribution is 0.106. The molecular formula is C11H11ClO4. The van der Waals surface area contributed by atoms with Gasteiger partial charge < -0.3 is 14.2 Å². The number of carbonyl (C=O) groups excluding carboxylic acids is 1. The summed E-state index contributed by atoms with van der Waals surface area (Å²) in [6.07, 6.45) is 0. The maximum absolute atomic E-state index is 11.2.